The lowest BCUT2D eigenvalue weighted by molar-refractivity contribution is -0.183. The van der Waals surface area contributed by atoms with Crippen LogP contribution < -0.4 is 5.73 Å². The van der Waals surface area contributed by atoms with E-state index >= 15 is 0 Å². The molecule has 0 spiro atoms. The van der Waals surface area contributed by atoms with Gasteiger partial charge in [0.1, 0.15) is 6.04 Å². The number of carbonyl (C=O) groups is 1. The van der Waals surface area contributed by atoms with Crippen LogP contribution >= 0.6 is 24.8 Å². The molecule has 4 nitrogen and oxygen atoms in total. The molecule has 0 radical (unpaired) electrons. The van der Waals surface area contributed by atoms with E-state index in [4.69, 9.17) is 5.73 Å². The Kier molecular flexibility index (Phi) is 8.47. The van der Waals surface area contributed by atoms with E-state index in [9.17, 15) is 18.0 Å². The molecule has 3 unspecified atom stereocenters. The van der Waals surface area contributed by atoms with Gasteiger partial charge in [0.2, 0.25) is 5.91 Å². The second-order valence-corrected chi connectivity index (χ2v) is 5.85. The molecular weight excluding hydrogens is 342 g/mol. The summed E-state index contributed by atoms with van der Waals surface area (Å²) < 4.78 is 37.9. The van der Waals surface area contributed by atoms with Gasteiger partial charge in [0.15, 0.2) is 0 Å². The summed E-state index contributed by atoms with van der Waals surface area (Å²) in [5.74, 6) is 0.0360. The topological polar surface area (TPSA) is 49.6 Å². The van der Waals surface area contributed by atoms with Gasteiger partial charge in [0.05, 0.1) is 0 Å². The van der Waals surface area contributed by atoms with Crippen LogP contribution in [0.2, 0.25) is 0 Å². The monoisotopic (exact) mass is 365 g/mol. The molecule has 1 aliphatic heterocycles. The minimum atomic E-state index is -4.20. The quantitative estimate of drug-likeness (QED) is 0.814. The lowest BCUT2D eigenvalue weighted by atomic mass is 10.1. The van der Waals surface area contributed by atoms with Gasteiger partial charge < -0.3 is 10.6 Å². The van der Waals surface area contributed by atoms with Crippen molar-refractivity contribution in [1.29, 1.82) is 0 Å². The van der Waals surface area contributed by atoms with Crippen LogP contribution in [0.3, 0.4) is 0 Å². The zero-order chi connectivity index (χ0) is 14.9. The summed E-state index contributed by atoms with van der Waals surface area (Å²) in [4.78, 5) is 15.3. The summed E-state index contributed by atoms with van der Waals surface area (Å²) >= 11 is 0. The minimum absolute atomic E-state index is 0. The normalized spacial score (nSPS) is 27.8. The number of piperazine rings is 1. The van der Waals surface area contributed by atoms with Crippen molar-refractivity contribution >= 4 is 30.7 Å². The first-order valence-electron chi connectivity index (χ1n) is 7.14. The van der Waals surface area contributed by atoms with Crippen molar-refractivity contribution in [3.05, 3.63) is 0 Å². The van der Waals surface area contributed by atoms with Crippen molar-refractivity contribution in [3.63, 3.8) is 0 Å². The largest absolute Gasteiger partial charge is 0.403 e. The Labute approximate surface area is 141 Å². The minimum Gasteiger partial charge on any atom is -0.340 e. The maximum absolute atomic E-state index is 12.6. The fourth-order valence-corrected chi connectivity index (χ4v) is 3.04. The van der Waals surface area contributed by atoms with E-state index in [1.807, 2.05) is 0 Å². The molecule has 0 aromatic carbocycles. The molecular formula is C13H24Cl2F3N3O. The number of nitrogens with two attached hydrogens (primary N) is 1. The summed E-state index contributed by atoms with van der Waals surface area (Å²) in [6.07, 6.45) is -1.83. The van der Waals surface area contributed by atoms with E-state index in [2.05, 4.69) is 0 Å². The van der Waals surface area contributed by atoms with Crippen molar-refractivity contribution in [2.45, 2.75) is 44.4 Å². The molecule has 0 bridgehead atoms. The second kappa shape index (κ2) is 8.57. The van der Waals surface area contributed by atoms with Crippen LogP contribution in [0.1, 0.15) is 26.2 Å². The maximum atomic E-state index is 12.6. The zero-order valence-electron chi connectivity index (χ0n) is 12.5. The highest BCUT2D eigenvalue weighted by Gasteiger charge is 2.41. The van der Waals surface area contributed by atoms with E-state index in [0.717, 1.165) is 12.8 Å². The van der Waals surface area contributed by atoms with E-state index in [1.54, 1.807) is 4.90 Å². The van der Waals surface area contributed by atoms with Crippen molar-refractivity contribution in [3.8, 4) is 0 Å². The molecule has 1 amide bonds. The van der Waals surface area contributed by atoms with Crippen LogP contribution in [0.25, 0.3) is 0 Å². The van der Waals surface area contributed by atoms with Gasteiger partial charge in [0, 0.05) is 38.1 Å². The highest BCUT2D eigenvalue weighted by Crippen LogP contribution is 2.28. The molecule has 2 N–H and O–H groups in total. The highest BCUT2D eigenvalue weighted by atomic mass is 35.5. The first-order valence-corrected chi connectivity index (χ1v) is 7.14. The van der Waals surface area contributed by atoms with Gasteiger partial charge in [-0.25, -0.2) is 0 Å². The van der Waals surface area contributed by atoms with Gasteiger partial charge in [-0.2, -0.15) is 13.2 Å². The maximum Gasteiger partial charge on any atom is 0.403 e. The van der Waals surface area contributed by atoms with Crippen molar-refractivity contribution < 1.29 is 18.0 Å². The van der Waals surface area contributed by atoms with Gasteiger partial charge >= 0.3 is 6.18 Å². The predicted octanol–water partition coefficient (Wildman–Crippen LogP) is 2.05. The van der Waals surface area contributed by atoms with E-state index < -0.39 is 12.2 Å². The predicted molar refractivity (Wildman–Crippen MR) is 83.5 cm³/mol. The average molecular weight is 366 g/mol. The summed E-state index contributed by atoms with van der Waals surface area (Å²) in [6.45, 7) is 2.50. The lowest BCUT2D eigenvalue weighted by Crippen LogP contribution is -2.55. The molecule has 22 heavy (non-hydrogen) atoms. The number of alkyl halides is 3. The van der Waals surface area contributed by atoms with E-state index in [1.165, 1.54) is 11.8 Å². The Balaban J connectivity index is 0.00000220. The van der Waals surface area contributed by atoms with Gasteiger partial charge in [-0.3, -0.25) is 9.69 Å². The third-order valence-corrected chi connectivity index (χ3v) is 4.47. The SMILES string of the molecule is CC(N1CCN(C(=O)C2CCC(N)C2)CC1)C(F)(F)F.Cl.Cl. The average Bonchev–Trinajstić information content (AvgIpc) is 2.83. The van der Waals surface area contributed by atoms with Crippen LogP contribution in [0.4, 0.5) is 13.2 Å². The van der Waals surface area contributed by atoms with E-state index in [-0.39, 0.29) is 55.8 Å². The van der Waals surface area contributed by atoms with Crippen molar-refractivity contribution in [1.82, 2.24) is 9.80 Å². The Bertz CT molecular complexity index is 363. The summed E-state index contributed by atoms with van der Waals surface area (Å²) in [7, 11) is 0. The smallest absolute Gasteiger partial charge is 0.340 e. The van der Waals surface area contributed by atoms with Crippen LogP contribution in [0.5, 0.6) is 0 Å². The molecule has 2 fully saturated rings. The molecule has 9 heteroatoms. The molecule has 3 atom stereocenters. The standard InChI is InChI=1S/C13H22F3N3O.2ClH/c1-9(13(14,15)16)18-4-6-19(7-5-18)12(20)10-2-3-11(17)8-10;;/h9-11H,2-8,17H2,1H3;2*1H. The number of rotatable bonds is 2. The molecule has 1 heterocycles. The molecule has 0 aromatic heterocycles. The van der Waals surface area contributed by atoms with Gasteiger partial charge in [-0.05, 0) is 26.2 Å². The van der Waals surface area contributed by atoms with Gasteiger partial charge in [-0.1, -0.05) is 0 Å². The lowest BCUT2D eigenvalue weighted by Gasteiger charge is -2.39. The number of nitrogens with zero attached hydrogens (tertiary/aromatic N) is 2. The Morgan fingerprint density at radius 3 is 2.09 bits per heavy atom. The second-order valence-electron chi connectivity index (χ2n) is 5.85. The molecule has 1 saturated carbocycles. The Morgan fingerprint density at radius 1 is 1.14 bits per heavy atom. The van der Waals surface area contributed by atoms with Crippen molar-refractivity contribution in [2.24, 2.45) is 11.7 Å². The fraction of sp³-hybridized carbons (Fsp3) is 0.923. The molecule has 2 rings (SSSR count). The third-order valence-electron chi connectivity index (χ3n) is 4.47. The summed E-state index contributed by atoms with van der Waals surface area (Å²) in [6, 6.07) is -1.35. The highest BCUT2D eigenvalue weighted by molar-refractivity contribution is 5.85. The molecule has 1 saturated heterocycles. The Hall–Kier alpha value is -0.240. The molecule has 1 aliphatic carbocycles. The van der Waals surface area contributed by atoms with Crippen LogP contribution in [-0.4, -0.2) is 60.1 Å². The van der Waals surface area contributed by atoms with Gasteiger partial charge in [-0.15, -0.1) is 24.8 Å². The van der Waals surface area contributed by atoms with E-state index in [0.29, 0.717) is 19.5 Å². The summed E-state index contributed by atoms with van der Waals surface area (Å²) in [5, 5.41) is 0. The van der Waals surface area contributed by atoms with Crippen molar-refractivity contribution in [2.75, 3.05) is 26.2 Å². The Morgan fingerprint density at radius 2 is 1.68 bits per heavy atom. The van der Waals surface area contributed by atoms with Crippen LogP contribution in [0, 0.1) is 5.92 Å². The number of hydrogen-bond acceptors (Lipinski definition) is 3. The van der Waals surface area contributed by atoms with Crippen LogP contribution in [-0.2, 0) is 4.79 Å². The van der Waals surface area contributed by atoms with Crippen LogP contribution in [0.15, 0.2) is 0 Å². The number of carbonyl (C=O) groups excluding carboxylic acids is 1. The number of halogens is 5. The molecule has 132 valence electrons. The molecule has 2 aliphatic rings. The summed E-state index contributed by atoms with van der Waals surface area (Å²) in [5.41, 5.74) is 5.80. The zero-order valence-corrected chi connectivity index (χ0v) is 14.1. The first kappa shape index (κ1) is 21.8. The first-order chi connectivity index (χ1) is 9.29. The number of hydrogen-bond donors (Lipinski definition) is 1. The van der Waals surface area contributed by atoms with Gasteiger partial charge in [0.25, 0.3) is 0 Å². The fourth-order valence-electron chi connectivity index (χ4n) is 3.04. The third kappa shape index (κ3) is 5.15. The number of amides is 1. The molecule has 0 aromatic rings.